The first kappa shape index (κ1) is 13.4. The van der Waals surface area contributed by atoms with E-state index in [2.05, 4.69) is 5.32 Å². The molecule has 1 saturated heterocycles. The molecule has 94 valence electrons. The first-order chi connectivity index (χ1) is 7.39. The van der Waals surface area contributed by atoms with Crippen molar-refractivity contribution in [3.8, 4) is 0 Å². The molecule has 1 fully saturated rings. The van der Waals surface area contributed by atoms with Gasteiger partial charge in [-0.05, 0) is 27.2 Å². The smallest absolute Gasteiger partial charge is 0.239 e. The van der Waals surface area contributed by atoms with Gasteiger partial charge in [0.1, 0.15) is 0 Å². The number of hydrogen-bond donors (Lipinski definition) is 2. The Labute approximate surface area is 96.7 Å². The minimum Gasteiger partial charge on any atom is -0.379 e. The number of carbonyl (C=O) groups excluding carboxylic acids is 1. The molecule has 0 aromatic carbocycles. The molecule has 1 rings (SSSR count). The van der Waals surface area contributed by atoms with Gasteiger partial charge in [-0.2, -0.15) is 0 Å². The van der Waals surface area contributed by atoms with E-state index in [1.165, 1.54) is 0 Å². The van der Waals surface area contributed by atoms with Crippen LogP contribution in [0.1, 0.15) is 27.2 Å². The molecule has 2 atom stereocenters. The van der Waals surface area contributed by atoms with Crippen LogP contribution >= 0.6 is 0 Å². The Morgan fingerprint density at radius 2 is 2.38 bits per heavy atom. The summed E-state index contributed by atoms with van der Waals surface area (Å²) in [4.78, 5) is 11.6. The lowest BCUT2D eigenvalue weighted by atomic mass is 10.1. The van der Waals surface area contributed by atoms with Crippen molar-refractivity contribution in [1.82, 2.24) is 5.32 Å². The van der Waals surface area contributed by atoms with Gasteiger partial charge >= 0.3 is 0 Å². The van der Waals surface area contributed by atoms with E-state index in [0.29, 0.717) is 13.2 Å². The van der Waals surface area contributed by atoms with Gasteiger partial charge in [0.2, 0.25) is 5.91 Å². The fourth-order valence-corrected chi connectivity index (χ4v) is 1.38. The van der Waals surface area contributed by atoms with Gasteiger partial charge in [-0.15, -0.1) is 0 Å². The maximum atomic E-state index is 11.6. The van der Waals surface area contributed by atoms with Crippen molar-refractivity contribution >= 4 is 5.91 Å². The fraction of sp³-hybridized carbons (Fsp3) is 0.909. The van der Waals surface area contributed by atoms with Gasteiger partial charge < -0.3 is 20.5 Å². The highest BCUT2D eigenvalue weighted by Gasteiger charge is 2.24. The number of nitrogens with two attached hydrogens (primary N) is 1. The lowest BCUT2D eigenvalue weighted by molar-refractivity contribution is -0.126. The molecular formula is C11H22N2O3. The van der Waals surface area contributed by atoms with Crippen LogP contribution in [0.25, 0.3) is 0 Å². The third kappa shape index (κ3) is 4.47. The highest BCUT2D eigenvalue weighted by atomic mass is 16.5. The predicted molar refractivity (Wildman–Crippen MR) is 61.0 cm³/mol. The van der Waals surface area contributed by atoms with E-state index in [-0.39, 0.29) is 18.1 Å². The SMILES string of the molecule is CC(COC1CCOC1)NC(=O)C(C)(C)N. The molecule has 1 heterocycles. The zero-order valence-corrected chi connectivity index (χ0v) is 10.3. The highest BCUT2D eigenvalue weighted by Crippen LogP contribution is 2.08. The van der Waals surface area contributed by atoms with Crippen LogP contribution in [-0.4, -0.2) is 43.4 Å². The van der Waals surface area contributed by atoms with Gasteiger partial charge in [-0.3, -0.25) is 4.79 Å². The molecule has 16 heavy (non-hydrogen) atoms. The zero-order valence-electron chi connectivity index (χ0n) is 10.3. The van der Waals surface area contributed by atoms with Crippen molar-refractivity contribution in [1.29, 1.82) is 0 Å². The molecule has 1 aliphatic rings. The molecular weight excluding hydrogens is 208 g/mol. The van der Waals surface area contributed by atoms with Crippen LogP contribution in [0.5, 0.6) is 0 Å². The molecule has 1 amide bonds. The van der Waals surface area contributed by atoms with Crippen molar-refractivity contribution < 1.29 is 14.3 Å². The zero-order chi connectivity index (χ0) is 12.2. The van der Waals surface area contributed by atoms with Gasteiger partial charge in [-0.1, -0.05) is 0 Å². The first-order valence-corrected chi connectivity index (χ1v) is 5.69. The Hall–Kier alpha value is -0.650. The number of nitrogens with one attached hydrogen (secondary N) is 1. The Kier molecular flexibility index (Phi) is 4.70. The molecule has 2 unspecified atom stereocenters. The standard InChI is InChI=1S/C11H22N2O3/c1-8(13-10(14)11(2,3)12)6-16-9-4-5-15-7-9/h8-9H,4-7,12H2,1-3H3,(H,13,14). The second-order valence-electron chi connectivity index (χ2n) is 4.92. The van der Waals surface area contributed by atoms with E-state index >= 15 is 0 Å². The summed E-state index contributed by atoms with van der Waals surface area (Å²) in [5, 5.41) is 2.81. The molecule has 0 aromatic rings. The van der Waals surface area contributed by atoms with Gasteiger partial charge in [-0.25, -0.2) is 0 Å². The number of amides is 1. The van der Waals surface area contributed by atoms with Crippen molar-refractivity contribution in [2.45, 2.75) is 44.9 Å². The molecule has 0 aromatic heterocycles. The Balaban J connectivity index is 2.19. The van der Waals surface area contributed by atoms with E-state index in [1.54, 1.807) is 13.8 Å². The highest BCUT2D eigenvalue weighted by molar-refractivity contribution is 5.85. The molecule has 5 nitrogen and oxygen atoms in total. The fourth-order valence-electron chi connectivity index (χ4n) is 1.38. The van der Waals surface area contributed by atoms with E-state index in [9.17, 15) is 4.79 Å². The van der Waals surface area contributed by atoms with Crippen LogP contribution < -0.4 is 11.1 Å². The van der Waals surface area contributed by atoms with Crippen molar-refractivity contribution in [2.75, 3.05) is 19.8 Å². The minimum absolute atomic E-state index is 0.0316. The van der Waals surface area contributed by atoms with E-state index in [0.717, 1.165) is 13.0 Å². The topological polar surface area (TPSA) is 73.6 Å². The predicted octanol–water partition coefficient (Wildman–Crippen LogP) is 0.0339. The van der Waals surface area contributed by atoms with Crippen LogP contribution in [0.4, 0.5) is 0 Å². The van der Waals surface area contributed by atoms with E-state index < -0.39 is 5.54 Å². The van der Waals surface area contributed by atoms with Gasteiger partial charge in [0.05, 0.1) is 24.9 Å². The first-order valence-electron chi connectivity index (χ1n) is 5.69. The summed E-state index contributed by atoms with van der Waals surface area (Å²) in [6, 6.07) is -0.0316. The second kappa shape index (κ2) is 5.61. The molecule has 5 heteroatoms. The van der Waals surface area contributed by atoms with Crippen molar-refractivity contribution in [3.63, 3.8) is 0 Å². The van der Waals surface area contributed by atoms with Crippen LogP contribution in [0.15, 0.2) is 0 Å². The van der Waals surface area contributed by atoms with Gasteiger partial charge in [0.15, 0.2) is 0 Å². The summed E-state index contributed by atoms with van der Waals surface area (Å²) in [7, 11) is 0. The second-order valence-corrected chi connectivity index (χ2v) is 4.92. The van der Waals surface area contributed by atoms with Crippen LogP contribution in [0.2, 0.25) is 0 Å². The largest absolute Gasteiger partial charge is 0.379 e. The third-order valence-corrected chi connectivity index (χ3v) is 2.43. The number of hydrogen-bond acceptors (Lipinski definition) is 4. The number of rotatable bonds is 5. The molecule has 3 N–H and O–H groups in total. The molecule has 1 aliphatic heterocycles. The summed E-state index contributed by atoms with van der Waals surface area (Å²) in [6.07, 6.45) is 1.11. The average Bonchev–Trinajstić information content (AvgIpc) is 2.65. The molecule has 0 bridgehead atoms. The lowest BCUT2D eigenvalue weighted by Gasteiger charge is -2.22. The minimum atomic E-state index is -0.843. The maximum Gasteiger partial charge on any atom is 0.239 e. The van der Waals surface area contributed by atoms with Crippen LogP contribution in [0, 0.1) is 0 Å². The van der Waals surface area contributed by atoms with E-state index in [4.69, 9.17) is 15.2 Å². The Morgan fingerprint density at radius 1 is 1.69 bits per heavy atom. The van der Waals surface area contributed by atoms with Crippen molar-refractivity contribution in [2.24, 2.45) is 5.73 Å². The lowest BCUT2D eigenvalue weighted by Crippen LogP contribution is -2.52. The van der Waals surface area contributed by atoms with Gasteiger partial charge in [0, 0.05) is 12.6 Å². The number of carbonyl (C=O) groups is 1. The molecule has 0 spiro atoms. The summed E-state index contributed by atoms with van der Waals surface area (Å²) in [5.41, 5.74) is 4.83. The Bertz CT molecular complexity index is 232. The van der Waals surface area contributed by atoms with Crippen molar-refractivity contribution in [3.05, 3.63) is 0 Å². The quantitative estimate of drug-likeness (QED) is 0.699. The van der Waals surface area contributed by atoms with Gasteiger partial charge in [0.25, 0.3) is 0 Å². The molecule has 0 radical (unpaired) electrons. The van der Waals surface area contributed by atoms with E-state index in [1.807, 2.05) is 6.92 Å². The average molecular weight is 230 g/mol. The maximum absolute atomic E-state index is 11.6. The Morgan fingerprint density at radius 3 is 2.88 bits per heavy atom. The number of ether oxygens (including phenoxy) is 2. The normalized spacial score (nSPS) is 23.1. The monoisotopic (exact) mass is 230 g/mol. The third-order valence-electron chi connectivity index (χ3n) is 2.43. The summed E-state index contributed by atoms with van der Waals surface area (Å²) in [6.45, 7) is 7.18. The molecule has 0 saturated carbocycles. The summed E-state index contributed by atoms with van der Waals surface area (Å²) >= 11 is 0. The summed E-state index contributed by atoms with van der Waals surface area (Å²) in [5.74, 6) is -0.161. The molecule has 0 aliphatic carbocycles. The van der Waals surface area contributed by atoms with Crippen LogP contribution in [-0.2, 0) is 14.3 Å². The van der Waals surface area contributed by atoms with Crippen LogP contribution in [0.3, 0.4) is 0 Å². The summed E-state index contributed by atoms with van der Waals surface area (Å²) < 4.78 is 10.8.